The first-order valence-electron chi connectivity index (χ1n) is 8.18. The number of amides is 1. The van der Waals surface area contributed by atoms with E-state index in [1.165, 1.54) is 13.0 Å². The van der Waals surface area contributed by atoms with Crippen LogP contribution in [0.25, 0.3) is 0 Å². The van der Waals surface area contributed by atoms with E-state index in [2.05, 4.69) is 5.32 Å². The van der Waals surface area contributed by atoms with Crippen LogP contribution in [-0.4, -0.2) is 18.0 Å². The van der Waals surface area contributed by atoms with Crippen molar-refractivity contribution in [3.63, 3.8) is 0 Å². The van der Waals surface area contributed by atoms with Crippen LogP contribution >= 0.6 is 0 Å². The number of carbonyl (C=O) groups excluding carboxylic acids is 2. The van der Waals surface area contributed by atoms with Gasteiger partial charge in [0.25, 0.3) is 5.91 Å². The lowest BCUT2D eigenvalue weighted by atomic mass is 10.1. The third-order valence-electron chi connectivity index (χ3n) is 3.88. The smallest absolute Gasteiger partial charge is 0.306 e. The van der Waals surface area contributed by atoms with Gasteiger partial charge in [0.1, 0.15) is 5.82 Å². The van der Waals surface area contributed by atoms with Crippen molar-refractivity contribution in [3.8, 4) is 0 Å². The zero-order valence-electron chi connectivity index (χ0n) is 14.6. The quantitative estimate of drug-likeness (QED) is 0.808. The average Bonchev–Trinajstić information content (AvgIpc) is 2.57. The Hall–Kier alpha value is -2.69. The molecule has 2 aromatic rings. The van der Waals surface area contributed by atoms with Gasteiger partial charge in [0.15, 0.2) is 6.10 Å². The van der Waals surface area contributed by atoms with Crippen LogP contribution < -0.4 is 5.32 Å². The summed E-state index contributed by atoms with van der Waals surface area (Å²) in [4.78, 5) is 24.1. The van der Waals surface area contributed by atoms with E-state index in [0.717, 1.165) is 11.1 Å². The molecule has 0 saturated carbocycles. The molecule has 25 heavy (non-hydrogen) atoms. The number of benzene rings is 2. The van der Waals surface area contributed by atoms with Crippen molar-refractivity contribution in [1.29, 1.82) is 0 Å². The minimum Gasteiger partial charge on any atom is -0.453 e. The molecule has 0 aromatic heterocycles. The van der Waals surface area contributed by atoms with Gasteiger partial charge in [-0.3, -0.25) is 9.59 Å². The van der Waals surface area contributed by atoms with Crippen molar-refractivity contribution in [1.82, 2.24) is 0 Å². The molecule has 0 radical (unpaired) electrons. The van der Waals surface area contributed by atoms with Crippen molar-refractivity contribution in [2.24, 2.45) is 0 Å². The zero-order valence-corrected chi connectivity index (χ0v) is 14.6. The Morgan fingerprint density at radius 3 is 2.60 bits per heavy atom. The van der Waals surface area contributed by atoms with Crippen LogP contribution in [0, 0.1) is 19.7 Å². The van der Waals surface area contributed by atoms with Gasteiger partial charge in [0, 0.05) is 12.1 Å². The van der Waals surface area contributed by atoms with Crippen molar-refractivity contribution in [2.75, 3.05) is 5.32 Å². The number of nitrogens with one attached hydrogen (secondary N) is 1. The fourth-order valence-corrected chi connectivity index (χ4v) is 2.35. The highest BCUT2D eigenvalue weighted by atomic mass is 19.1. The molecule has 5 heteroatoms. The number of carbonyl (C=O) groups is 2. The van der Waals surface area contributed by atoms with Gasteiger partial charge >= 0.3 is 5.97 Å². The van der Waals surface area contributed by atoms with Crippen LogP contribution in [0.1, 0.15) is 30.0 Å². The van der Waals surface area contributed by atoms with E-state index in [1.807, 2.05) is 32.0 Å². The molecular weight excluding hydrogens is 321 g/mol. The maximum absolute atomic E-state index is 13.5. The van der Waals surface area contributed by atoms with E-state index in [4.69, 9.17) is 4.74 Å². The van der Waals surface area contributed by atoms with Gasteiger partial charge in [-0.05, 0) is 56.0 Å². The molecule has 0 aliphatic heterocycles. The maximum atomic E-state index is 13.5. The lowest BCUT2D eigenvalue weighted by molar-refractivity contribution is -0.153. The predicted molar refractivity (Wildman–Crippen MR) is 94.8 cm³/mol. The topological polar surface area (TPSA) is 55.4 Å². The third kappa shape index (κ3) is 5.41. The number of hydrogen-bond acceptors (Lipinski definition) is 3. The van der Waals surface area contributed by atoms with Crippen LogP contribution in [0.15, 0.2) is 42.5 Å². The van der Waals surface area contributed by atoms with E-state index in [1.54, 1.807) is 18.2 Å². The number of halogens is 1. The van der Waals surface area contributed by atoms with E-state index in [0.29, 0.717) is 11.3 Å². The van der Waals surface area contributed by atoms with Crippen LogP contribution in [0.4, 0.5) is 10.1 Å². The summed E-state index contributed by atoms with van der Waals surface area (Å²) >= 11 is 0. The summed E-state index contributed by atoms with van der Waals surface area (Å²) in [7, 11) is 0. The Labute approximate surface area is 147 Å². The second kappa shape index (κ2) is 8.42. The average molecular weight is 343 g/mol. The molecule has 0 spiro atoms. The monoisotopic (exact) mass is 343 g/mol. The van der Waals surface area contributed by atoms with E-state index >= 15 is 0 Å². The molecule has 1 atom stereocenters. The largest absolute Gasteiger partial charge is 0.453 e. The third-order valence-corrected chi connectivity index (χ3v) is 3.88. The minimum absolute atomic E-state index is 0.0159. The highest BCUT2D eigenvalue weighted by molar-refractivity contribution is 5.95. The first-order chi connectivity index (χ1) is 11.9. The summed E-state index contributed by atoms with van der Waals surface area (Å²) in [6.07, 6.45) is -0.674. The van der Waals surface area contributed by atoms with Gasteiger partial charge in [-0.15, -0.1) is 0 Å². The minimum atomic E-state index is -0.923. The second-order valence-electron chi connectivity index (χ2n) is 6.03. The molecule has 1 N–H and O–H groups in total. The summed E-state index contributed by atoms with van der Waals surface area (Å²) in [5.41, 5.74) is 3.10. The van der Waals surface area contributed by atoms with Gasteiger partial charge in [-0.25, -0.2) is 4.39 Å². The van der Waals surface area contributed by atoms with Gasteiger partial charge in [0.05, 0.1) is 0 Å². The molecule has 1 amide bonds. The Kier molecular flexibility index (Phi) is 6.28. The van der Waals surface area contributed by atoms with E-state index in [-0.39, 0.29) is 18.7 Å². The highest BCUT2D eigenvalue weighted by Crippen LogP contribution is 2.17. The zero-order chi connectivity index (χ0) is 18.4. The van der Waals surface area contributed by atoms with E-state index in [9.17, 15) is 14.0 Å². The van der Waals surface area contributed by atoms with Gasteiger partial charge in [-0.1, -0.05) is 30.3 Å². The van der Waals surface area contributed by atoms with Gasteiger partial charge in [0.2, 0.25) is 0 Å². The van der Waals surface area contributed by atoms with Crippen LogP contribution in [0.3, 0.4) is 0 Å². The lowest BCUT2D eigenvalue weighted by Gasteiger charge is -2.15. The normalized spacial score (nSPS) is 11.7. The number of rotatable bonds is 6. The molecule has 2 rings (SSSR count). The Morgan fingerprint density at radius 2 is 1.88 bits per heavy atom. The van der Waals surface area contributed by atoms with Crippen molar-refractivity contribution < 1.29 is 18.7 Å². The number of esters is 1. The summed E-state index contributed by atoms with van der Waals surface area (Å²) in [6.45, 7) is 5.34. The molecule has 4 nitrogen and oxygen atoms in total. The molecule has 0 unspecified atom stereocenters. The number of hydrogen-bond donors (Lipinski definition) is 1. The fourth-order valence-electron chi connectivity index (χ4n) is 2.35. The lowest BCUT2D eigenvalue weighted by Crippen LogP contribution is -2.30. The predicted octanol–water partition coefficient (Wildman–Crippen LogP) is 3.95. The standard InChI is InChI=1S/C20H22FNO3/c1-13-8-9-14(2)18(12-13)22-20(24)15(3)25-19(23)11-10-16-6-4-5-7-17(16)21/h4-9,12,15H,10-11H2,1-3H3,(H,22,24)/t15-/m0/s1. The summed E-state index contributed by atoms with van der Waals surface area (Å²) in [5.74, 6) is -1.28. The Morgan fingerprint density at radius 1 is 1.16 bits per heavy atom. The molecule has 0 heterocycles. The molecule has 0 aliphatic rings. The first kappa shape index (κ1) is 18.6. The van der Waals surface area contributed by atoms with Gasteiger partial charge in [-0.2, -0.15) is 0 Å². The molecule has 0 saturated heterocycles. The highest BCUT2D eigenvalue weighted by Gasteiger charge is 2.18. The van der Waals surface area contributed by atoms with Crippen LogP contribution in [0.5, 0.6) is 0 Å². The number of ether oxygens (including phenoxy) is 1. The van der Waals surface area contributed by atoms with Crippen LogP contribution in [-0.2, 0) is 20.7 Å². The summed E-state index contributed by atoms with van der Waals surface area (Å²) in [6, 6.07) is 12.0. The van der Waals surface area contributed by atoms with E-state index < -0.39 is 18.0 Å². The molecule has 132 valence electrons. The SMILES string of the molecule is Cc1ccc(C)c(NC(=O)[C@H](C)OC(=O)CCc2ccccc2F)c1. The molecule has 0 aliphatic carbocycles. The number of anilines is 1. The summed E-state index contributed by atoms with van der Waals surface area (Å²) < 4.78 is 18.7. The van der Waals surface area contributed by atoms with Crippen molar-refractivity contribution >= 4 is 17.6 Å². The maximum Gasteiger partial charge on any atom is 0.306 e. The Bertz CT molecular complexity index is 773. The van der Waals surface area contributed by atoms with Crippen molar-refractivity contribution in [2.45, 2.75) is 39.7 Å². The second-order valence-corrected chi connectivity index (χ2v) is 6.03. The fraction of sp³-hybridized carbons (Fsp3) is 0.300. The van der Waals surface area contributed by atoms with Gasteiger partial charge < -0.3 is 10.1 Å². The molecule has 0 fully saturated rings. The first-order valence-corrected chi connectivity index (χ1v) is 8.18. The molecule has 2 aromatic carbocycles. The Balaban J connectivity index is 1.87. The molecular formula is C20H22FNO3. The van der Waals surface area contributed by atoms with Crippen LogP contribution in [0.2, 0.25) is 0 Å². The molecule has 0 bridgehead atoms. The summed E-state index contributed by atoms with van der Waals surface area (Å²) in [5, 5.41) is 2.76. The van der Waals surface area contributed by atoms with Crippen molar-refractivity contribution in [3.05, 3.63) is 65.0 Å². The number of aryl methyl sites for hydroxylation is 3.